The van der Waals surface area contributed by atoms with E-state index >= 15 is 0 Å². The fourth-order valence-corrected chi connectivity index (χ4v) is 2.06. The quantitative estimate of drug-likeness (QED) is 0.855. The van der Waals surface area contributed by atoms with Crippen molar-refractivity contribution in [3.8, 4) is 6.07 Å². The highest BCUT2D eigenvalue weighted by atomic mass is 19.2. The zero-order chi connectivity index (χ0) is 15.0. The molecule has 1 unspecified atom stereocenters. The summed E-state index contributed by atoms with van der Waals surface area (Å²) in [6, 6.07) is 0.906. The van der Waals surface area contributed by atoms with Crippen molar-refractivity contribution >= 4 is 11.9 Å². The molecule has 1 aliphatic rings. The summed E-state index contributed by atoms with van der Waals surface area (Å²) in [5.41, 5.74) is -1.01. The number of carboxylic acids is 1. The molecule has 0 aliphatic carbocycles. The average molecular weight is 284 g/mol. The summed E-state index contributed by atoms with van der Waals surface area (Å²) in [6.45, 7) is -0.357. The third-order valence-electron chi connectivity index (χ3n) is 2.96. The van der Waals surface area contributed by atoms with E-state index in [1.165, 1.54) is 0 Å². The zero-order valence-corrected chi connectivity index (χ0v) is 9.86. The summed E-state index contributed by atoms with van der Waals surface area (Å²) in [5, 5.41) is 17.6. The van der Waals surface area contributed by atoms with E-state index in [1.54, 1.807) is 6.07 Å². The van der Waals surface area contributed by atoms with E-state index in [-0.39, 0.29) is 12.1 Å². The predicted molar refractivity (Wildman–Crippen MR) is 58.0 cm³/mol. The lowest BCUT2D eigenvalue weighted by Gasteiger charge is -2.18. The molecule has 1 amide bonds. The topological polar surface area (TPSA) is 81.4 Å². The lowest BCUT2D eigenvalue weighted by molar-refractivity contribution is -0.137. The van der Waals surface area contributed by atoms with Gasteiger partial charge in [0.05, 0.1) is 18.1 Å². The van der Waals surface area contributed by atoms with Gasteiger partial charge in [-0.2, -0.15) is 5.26 Å². The number of carboxylic acid groups (broad SMARTS) is 1. The van der Waals surface area contributed by atoms with Gasteiger partial charge in [-0.25, -0.2) is 13.2 Å². The van der Waals surface area contributed by atoms with Crippen LogP contribution in [0, 0.1) is 28.8 Å². The summed E-state index contributed by atoms with van der Waals surface area (Å²) < 4.78 is 39.9. The summed E-state index contributed by atoms with van der Waals surface area (Å²) >= 11 is 0. The van der Waals surface area contributed by atoms with Crippen LogP contribution < -0.4 is 0 Å². The van der Waals surface area contributed by atoms with E-state index in [0.717, 1.165) is 4.90 Å². The maximum absolute atomic E-state index is 13.6. The minimum atomic E-state index is -1.80. The molecule has 1 aliphatic heterocycles. The predicted octanol–water partition coefficient (Wildman–Crippen LogP) is 1.60. The molecule has 0 radical (unpaired) electrons. The van der Waals surface area contributed by atoms with Gasteiger partial charge in [-0.15, -0.1) is 0 Å². The molecule has 5 nitrogen and oxygen atoms in total. The molecule has 0 saturated heterocycles. The third-order valence-corrected chi connectivity index (χ3v) is 2.96. The van der Waals surface area contributed by atoms with Crippen LogP contribution in [0.4, 0.5) is 13.2 Å². The molecule has 104 valence electrons. The Kier molecular flexibility index (Phi) is 3.36. The Bertz CT molecular complexity index is 654. The molecule has 0 saturated carbocycles. The Morgan fingerprint density at radius 1 is 1.40 bits per heavy atom. The van der Waals surface area contributed by atoms with Gasteiger partial charge in [0, 0.05) is 12.1 Å². The molecule has 0 fully saturated rings. The summed E-state index contributed by atoms with van der Waals surface area (Å²) in [7, 11) is 0. The zero-order valence-electron chi connectivity index (χ0n) is 9.86. The number of nitrogens with zero attached hydrogens (tertiary/aromatic N) is 2. The van der Waals surface area contributed by atoms with Gasteiger partial charge < -0.3 is 10.0 Å². The maximum atomic E-state index is 13.6. The monoisotopic (exact) mass is 284 g/mol. The summed E-state index contributed by atoms with van der Waals surface area (Å²) in [6.07, 6.45) is -0.468. The molecule has 0 aromatic heterocycles. The van der Waals surface area contributed by atoms with Crippen LogP contribution in [-0.2, 0) is 4.79 Å². The molecule has 1 atom stereocenters. The minimum absolute atomic E-state index is 0.292. The number of hydrogen-bond acceptors (Lipinski definition) is 3. The van der Waals surface area contributed by atoms with E-state index in [4.69, 9.17) is 10.4 Å². The number of benzene rings is 1. The molecular weight excluding hydrogens is 277 g/mol. The van der Waals surface area contributed by atoms with E-state index in [0.29, 0.717) is 6.07 Å². The van der Waals surface area contributed by atoms with Crippen LogP contribution in [0.25, 0.3) is 0 Å². The normalized spacial score (nSPS) is 17.0. The smallest absolute Gasteiger partial charge is 0.305 e. The van der Waals surface area contributed by atoms with Gasteiger partial charge in [-0.3, -0.25) is 9.59 Å². The highest BCUT2D eigenvalue weighted by Gasteiger charge is 2.41. The third kappa shape index (κ3) is 1.97. The van der Waals surface area contributed by atoms with Crippen molar-refractivity contribution < 1.29 is 27.9 Å². The number of hydrogen-bond donors (Lipinski definition) is 1. The lowest BCUT2D eigenvalue weighted by Crippen LogP contribution is -2.30. The molecule has 0 spiro atoms. The van der Waals surface area contributed by atoms with Crippen molar-refractivity contribution in [2.45, 2.75) is 12.5 Å². The molecule has 1 aromatic rings. The molecule has 1 aromatic carbocycles. The van der Waals surface area contributed by atoms with Crippen molar-refractivity contribution in [3.63, 3.8) is 0 Å². The van der Waals surface area contributed by atoms with E-state index in [9.17, 15) is 22.8 Å². The van der Waals surface area contributed by atoms with E-state index in [2.05, 4.69) is 0 Å². The SMILES string of the molecule is N#CC1c2cc(F)c(F)c(F)c2C(=O)N1CCC(=O)O. The van der Waals surface area contributed by atoms with Crippen LogP contribution in [0.15, 0.2) is 6.07 Å². The Labute approximate surface area is 110 Å². The van der Waals surface area contributed by atoms with Gasteiger partial charge in [-0.05, 0) is 6.07 Å². The number of aliphatic carboxylic acids is 1. The summed E-state index contributed by atoms with van der Waals surface area (Å²) in [4.78, 5) is 23.2. The number of nitriles is 1. The van der Waals surface area contributed by atoms with Crippen molar-refractivity contribution in [2.75, 3.05) is 6.54 Å². The van der Waals surface area contributed by atoms with E-state index in [1.807, 2.05) is 0 Å². The Hall–Kier alpha value is -2.56. The first-order valence-electron chi connectivity index (χ1n) is 5.48. The van der Waals surface area contributed by atoms with Crippen LogP contribution in [0.2, 0.25) is 0 Å². The molecule has 1 N–H and O–H groups in total. The highest BCUT2D eigenvalue weighted by molar-refractivity contribution is 6.00. The van der Waals surface area contributed by atoms with Crippen molar-refractivity contribution in [1.29, 1.82) is 5.26 Å². The van der Waals surface area contributed by atoms with Gasteiger partial charge in [0.1, 0.15) is 6.04 Å². The fourth-order valence-electron chi connectivity index (χ4n) is 2.06. The first-order chi connectivity index (χ1) is 9.38. The van der Waals surface area contributed by atoms with Crippen molar-refractivity contribution in [2.24, 2.45) is 0 Å². The number of carbonyl (C=O) groups is 2. The number of halogens is 3. The largest absolute Gasteiger partial charge is 0.481 e. The number of fused-ring (bicyclic) bond motifs is 1. The lowest BCUT2D eigenvalue weighted by atomic mass is 10.0. The fraction of sp³-hybridized carbons (Fsp3) is 0.250. The molecular formula is C12H7F3N2O3. The van der Waals surface area contributed by atoms with Crippen molar-refractivity contribution in [3.05, 3.63) is 34.6 Å². The first kappa shape index (κ1) is 13.9. The molecule has 0 bridgehead atoms. The standard InChI is InChI=1S/C12H7F3N2O3/c13-6-3-5-7(4-16)17(2-1-8(18)19)12(20)9(5)11(15)10(6)14/h3,7H,1-2H2,(H,18,19). The molecule has 8 heteroatoms. The van der Waals surface area contributed by atoms with Gasteiger partial charge in [0.25, 0.3) is 5.91 Å². The van der Waals surface area contributed by atoms with Gasteiger partial charge in [-0.1, -0.05) is 0 Å². The second-order valence-electron chi connectivity index (χ2n) is 4.12. The average Bonchev–Trinajstić information content (AvgIpc) is 2.65. The Morgan fingerprint density at radius 2 is 2.05 bits per heavy atom. The Balaban J connectivity index is 2.49. The molecule has 2 rings (SSSR count). The highest BCUT2D eigenvalue weighted by Crippen LogP contribution is 2.36. The minimum Gasteiger partial charge on any atom is -0.481 e. The van der Waals surface area contributed by atoms with Crippen LogP contribution in [-0.4, -0.2) is 28.4 Å². The second kappa shape index (κ2) is 4.85. The first-order valence-corrected chi connectivity index (χ1v) is 5.48. The van der Waals surface area contributed by atoms with Crippen LogP contribution >= 0.6 is 0 Å². The summed E-state index contributed by atoms with van der Waals surface area (Å²) in [5.74, 6) is -7.21. The van der Waals surface area contributed by atoms with Gasteiger partial charge >= 0.3 is 5.97 Å². The van der Waals surface area contributed by atoms with E-state index < -0.39 is 47.4 Å². The Morgan fingerprint density at radius 3 is 2.60 bits per heavy atom. The number of carbonyl (C=O) groups excluding carboxylic acids is 1. The molecule has 1 heterocycles. The number of amides is 1. The number of rotatable bonds is 3. The maximum Gasteiger partial charge on any atom is 0.305 e. The van der Waals surface area contributed by atoms with Crippen LogP contribution in [0.5, 0.6) is 0 Å². The van der Waals surface area contributed by atoms with Crippen LogP contribution in [0.1, 0.15) is 28.4 Å². The molecule has 20 heavy (non-hydrogen) atoms. The second-order valence-corrected chi connectivity index (χ2v) is 4.12. The van der Waals surface area contributed by atoms with Crippen LogP contribution in [0.3, 0.4) is 0 Å². The van der Waals surface area contributed by atoms with Gasteiger partial charge in [0.15, 0.2) is 17.5 Å². The van der Waals surface area contributed by atoms with Gasteiger partial charge in [0.2, 0.25) is 0 Å². The van der Waals surface area contributed by atoms with Crippen molar-refractivity contribution in [1.82, 2.24) is 4.90 Å².